The van der Waals surface area contributed by atoms with Gasteiger partial charge in [-0.15, -0.1) is 13.1 Å². The predicted molar refractivity (Wildman–Crippen MR) is 211 cm³/mol. The summed E-state index contributed by atoms with van der Waals surface area (Å²) >= 11 is 0. The van der Waals surface area contributed by atoms with E-state index in [4.69, 9.17) is 0 Å². The summed E-state index contributed by atoms with van der Waals surface area (Å²) in [5.74, 6) is 0. The van der Waals surface area contributed by atoms with Gasteiger partial charge in [0.1, 0.15) is 0 Å². The summed E-state index contributed by atoms with van der Waals surface area (Å²) in [7, 11) is 0. The summed E-state index contributed by atoms with van der Waals surface area (Å²) in [4.78, 5) is 28.2. The molecule has 0 unspecified atom stereocenters. The minimum atomic E-state index is 0. The van der Waals surface area contributed by atoms with Crippen LogP contribution in [0.25, 0.3) is 50.1 Å². The average molecular weight is 858 g/mol. The number of hydrogen-bond acceptors (Lipinski definition) is 7. The Morgan fingerprint density at radius 3 is 1.39 bits per heavy atom. The van der Waals surface area contributed by atoms with Gasteiger partial charge in [-0.2, -0.15) is 26.2 Å². The van der Waals surface area contributed by atoms with E-state index in [-0.39, 0.29) is 39.0 Å². The molecule has 6 aromatic heterocycles. The summed E-state index contributed by atoms with van der Waals surface area (Å²) in [5.41, 5.74) is 8.00. The minimum absolute atomic E-state index is 0. The molecule has 1 aliphatic rings. The third-order valence-electron chi connectivity index (χ3n) is 8.01. The van der Waals surface area contributed by atoms with Crippen LogP contribution in [0.5, 0.6) is 0 Å². The van der Waals surface area contributed by atoms with Crippen molar-refractivity contribution in [3.05, 3.63) is 161 Å². The van der Waals surface area contributed by atoms with Gasteiger partial charge in [-0.05, 0) is 104 Å². The van der Waals surface area contributed by atoms with Crippen LogP contribution in [0, 0.1) is 6.92 Å². The van der Waals surface area contributed by atoms with E-state index in [0.717, 1.165) is 106 Å². The Morgan fingerprint density at radius 1 is 0.463 bits per heavy atom. The zero-order valence-electron chi connectivity index (χ0n) is 31.0. The topological polar surface area (TPSA) is 123 Å². The summed E-state index contributed by atoms with van der Waals surface area (Å²) in [6.45, 7) is 10.3. The number of aryl methyl sites for hydroxylation is 1. The van der Waals surface area contributed by atoms with Gasteiger partial charge in [0.2, 0.25) is 0 Å². The Hall–Kier alpha value is -4.01. The van der Waals surface area contributed by atoms with Crippen molar-refractivity contribution in [3.63, 3.8) is 0 Å². The van der Waals surface area contributed by atoms with E-state index < -0.39 is 0 Å². The smallest absolute Gasteiger partial charge is 0.664 e. The number of aromatic nitrogens is 6. The van der Waals surface area contributed by atoms with E-state index in [0.29, 0.717) is 0 Å². The summed E-state index contributed by atoms with van der Waals surface area (Å²) < 4.78 is 0. The molecular weight excluding hydrogens is 811 g/mol. The van der Waals surface area contributed by atoms with Gasteiger partial charge in [0, 0.05) is 43.7 Å². The first kappa shape index (κ1) is 44.4. The number of pyridine rings is 6. The molecule has 1 aliphatic heterocycles. The second-order valence-electron chi connectivity index (χ2n) is 12.1. The molecule has 54 heavy (non-hydrogen) atoms. The molecule has 7 heterocycles. The minimum Gasteiger partial charge on any atom is -0.664 e. The zero-order chi connectivity index (χ0) is 35.9. The Morgan fingerprint density at radius 2 is 0.907 bits per heavy atom. The summed E-state index contributed by atoms with van der Waals surface area (Å²) in [5, 5.41) is 13.8. The van der Waals surface area contributed by atoms with E-state index in [2.05, 4.69) is 75.9 Å². The van der Waals surface area contributed by atoms with E-state index in [1.165, 1.54) is 11.1 Å². The monoisotopic (exact) mass is 857 g/mol. The van der Waals surface area contributed by atoms with Gasteiger partial charge in [-0.1, -0.05) is 37.1 Å². The van der Waals surface area contributed by atoms with E-state index in [1.807, 2.05) is 91.3 Å². The maximum Gasteiger partial charge on any atom is 2.00 e. The van der Waals surface area contributed by atoms with E-state index >= 15 is 0 Å². The number of hydrogen-bond donors (Lipinski definition) is 0. The van der Waals surface area contributed by atoms with Crippen molar-refractivity contribution in [2.75, 3.05) is 52.4 Å². The molecule has 274 valence electrons. The van der Waals surface area contributed by atoms with Crippen LogP contribution in [0.4, 0.5) is 0 Å². The first-order valence-electron chi connectivity index (χ1n) is 17.9. The molecule has 10 nitrogen and oxygen atoms in total. The molecule has 1 fully saturated rings. The molecule has 1 saturated heterocycles. The molecule has 0 N–H and O–H groups in total. The van der Waals surface area contributed by atoms with Gasteiger partial charge in [-0.25, -0.2) is 0 Å². The molecule has 0 amide bonds. The maximum atomic E-state index is 4.68. The Balaban J connectivity index is 0.000000248. The number of nitrogens with zero attached hydrogens (tertiary/aromatic N) is 10. The first-order chi connectivity index (χ1) is 25.7. The third-order valence-corrected chi connectivity index (χ3v) is 8.01. The van der Waals surface area contributed by atoms with Gasteiger partial charge >= 0.3 is 39.0 Å². The fourth-order valence-electron chi connectivity index (χ4n) is 5.36. The molecule has 7 rings (SSSR count). The molecular formula is C42H47N10RuZn+. The Bertz CT molecular complexity index is 1660. The van der Waals surface area contributed by atoms with E-state index in [1.54, 1.807) is 24.8 Å². The average Bonchev–Trinajstić information content (AvgIpc) is 3.21. The summed E-state index contributed by atoms with van der Waals surface area (Å²) in [6.07, 6.45) is 12.9. The normalized spacial score (nSPS) is 13.9. The van der Waals surface area contributed by atoms with Crippen LogP contribution < -0.4 is 0 Å². The van der Waals surface area contributed by atoms with Crippen molar-refractivity contribution in [2.45, 2.75) is 26.3 Å². The molecule has 0 spiro atoms. The molecule has 0 saturated carbocycles. The second-order valence-corrected chi connectivity index (χ2v) is 12.1. The van der Waals surface area contributed by atoms with Crippen molar-refractivity contribution >= 4 is 0 Å². The van der Waals surface area contributed by atoms with Crippen LogP contribution in [-0.4, -0.2) is 87.2 Å². The van der Waals surface area contributed by atoms with Gasteiger partial charge in [0.25, 0.3) is 0 Å². The van der Waals surface area contributed by atoms with Gasteiger partial charge < -0.3 is 20.9 Å². The SMILES string of the molecule is Cc1ccnc(-c2cc(CN3CCC[N-]CC[N-]CCC[N-]CC3)ccn2)c1.[Ru+2].[Zn+2].c1ccc(-c2ccccn2)nc1.c1ccc(-c2ccccn2)nc1. The molecule has 0 atom stereocenters. The first-order valence-corrected chi connectivity index (χ1v) is 17.9. The maximum absolute atomic E-state index is 4.68. The standard InChI is InChI=1S/C22H31N6.2C10H8N2.Ru.Zn/c1-19-4-9-26-21(16-19)22-17-20(5-10-27-22)18-28-14-3-8-24-12-11-23-6-2-7-25-13-15-28;2*1-3-7-11-9(5-1)10-6-2-4-8-12-10;;/h4-5,9-10,16-17H,2-3,6-8,11-15,18H2,1H3;2*1-8H;;/q-3;;;2*+2. The molecule has 0 aromatic carbocycles. The van der Waals surface area contributed by atoms with Crippen LogP contribution in [0.2, 0.25) is 0 Å². The van der Waals surface area contributed by atoms with Gasteiger partial charge in [-0.3, -0.25) is 29.9 Å². The van der Waals surface area contributed by atoms with Crippen molar-refractivity contribution in [3.8, 4) is 34.2 Å². The third kappa shape index (κ3) is 16.6. The van der Waals surface area contributed by atoms with Crippen LogP contribution in [0.3, 0.4) is 0 Å². The molecule has 0 radical (unpaired) electrons. The quantitative estimate of drug-likeness (QED) is 0.160. The van der Waals surface area contributed by atoms with Crippen molar-refractivity contribution in [1.29, 1.82) is 0 Å². The van der Waals surface area contributed by atoms with Gasteiger partial charge in [0.05, 0.1) is 34.2 Å². The molecule has 12 heteroatoms. The summed E-state index contributed by atoms with van der Waals surface area (Å²) in [6, 6.07) is 31.6. The van der Waals surface area contributed by atoms with Crippen LogP contribution in [0.1, 0.15) is 24.0 Å². The van der Waals surface area contributed by atoms with Crippen LogP contribution in [-0.2, 0) is 45.5 Å². The second kappa shape index (κ2) is 26.7. The zero-order valence-corrected chi connectivity index (χ0v) is 35.7. The Kier molecular flexibility index (Phi) is 22.0. The van der Waals surface area contributed by atoms with E-state index in [9.17, 15) is 0 Å². The fourth-order valence-corrected chi connectivity index (χ4v) is 5.36. The van der Waals surface area contributed by atoms with Crippen LogP contribution >= 0.6 is 0 Å². The van der Waals surface area contributed by atoms with Gasteiger partial charge in [0.15, 0.2) is 0 Å². The van der Waals surface area contributed by atoms with Crippen LogP contribution in [0.15, 0.2) is 134 Å². The largest absolute Gasteiger partial charge is 2.00 e. The molecule has 0 bridgehead atoms. The molecule has 0 aliphatic carbocycles. The van der Waals surface area contributed by atoms with Crippen molar-refractivity contribution < 1.29 is 39.0 Å². The van der Waals surface area contributed by atoms with Crippen molar-refractivity contribution in [2.24, 2.45) is 0 Å². The Labute approximate surface area is 346 Å². The predicted octanol–water partition coefficient (Wildman–Crippen LogP) is 8.45. The van der Waals surface area contributed by atoms with Crippen molar-refractivity contribution in [1.82, 2.24) is 34.8 Å². The number of rotatable bonds is 5. The fraction of sp³-hybridized carbons (Fsp3) is 0.286. The molecule has 6 aromatic rings.